The van der Waals surface area contributed by atoms with Crippen molar-refractivity contribution in [3.8, 4) is 0 Å². The number of carbonyl (C=O) groups is 1. The number of hydrogen-bond acceptors (Lipinski definition) is 2. The zero-order valence-corrected chi connectivity index (χ0v) is 8.91. The van der Waals surface area contributed by atoms with E-state index in [1.807, 2.05) is 0 Å². The lowest BCUT2D eigenvalue weighted by molar-refractivity contribution is -0.120. The van der Waals surface area contributed by atoms with Crippen LogP contribution in [-0.2, 0) is 14.8 Å². The molecule has 4 nitrogen and oxygen atoms in total. The highest BCUT2D eigenvalue weighted by molar-refractivity contribution is 7.47. The topological polar surface area (TPSA) is 80.4 Å². The highest BCUT2D eigenvalue weighted by atomic mass is 31.1. The number of primary amides is 1. The molecule has 1 amide bonds. The van der Waals surface area contributed by atoms with Crippen molar-refractivity contribution in [1.82, 2.24) is 0 Å². The molecule has 1 aliphatic carbocycles. The minimum atomic E-state index is -2.42. The van der Waals surface area contributed by atoms with Gasteiger partial charge in [-0.05, 0) is 23.5 Å². The number of benzene rings is 1. The van der Waals surface area contributed by atoms with Gasteiger partial charge in [-0.15, -0.1) is 0 Å². The van der Waals surface area contributed by atoms with Crippen LogP contribution in [0.4, 0.5) is 0 Å². The third-order valence-corrected chi connectivity index (χ3v) is 3.65. The Morgan fingerprint density at radius 1 is 1.40 bits per heavy atom. The Hall–Kier alpha value is -1.25. The monoisotopic (exact) mass is 224 g/mol. The average molecular weight is 224 g/mol. The molecule has 1 aromatic carbocycles. The summed E-state index contributed by atoms with van der Waals surface area (Å²) >= 11 is 0. The van der Waals surface area contributed by atoms with Crippen LogP contribution in [-0.4, -0.2) is 10.8 Å². The maximum atomic E-state index is 11.3. The lowest BCUT2D eigenvalue weighted by atomic mass is 9.95. The third kappa shape index (κ3) is 1.56. The Kier molecular flexibility index (Phi) is 2.33. The summed E-state index contributed by atoms with van der Waals surface area (Å²) < 4.78 is 11.1. The quantitative estimate of drug-likeness (QED) is 0.736. The van der Waals surface area contributed by atoms with Gasteiger partial charge in [0.05, 0.1) is 5.41 Å². The van der Waals surface area contributed by atoms with Gasteiger partial charge in [0.2, 0.25) is 11.2 Å². The molecule has 78 valence electrons. The standard InChI is InChI=1S/C10H10NO3P/c11-9(12)10(5-6-10)7-3-1-2-4-8(7)15(13)14/h1-4H,5-6H2,(H2-,11,12,13,14)/p+1. The average Bonchev–Trinajstić information content (AvgIpc) is 2.98. The SMILES string of the molecule is NC(=O)C1(c2ccccc2[P+](=O)O)CC1. The van der Waals surface area contributed by atoms with E-state index in [-0.39, 0.29) is 0 Å². The van der Waals surface area contributed by atoms with Crippen molar-refractivity contribution in [2.45, 2.75) is 18.3 Å². The fourth-order valence-corrected chi connectivity index (χ4v) is 2.53. The highest BCUT2D eigenvalue weighted by Gasteiger charge is 2.53. The molecule has 1 aliphatic rings. The Morgan fingerprint density at radius 2 is 2.00 bits per heavy atom. The molecule has 1 atom stereocenters. The van der Waals surface area contributed by atoms with E-state index in [0.29, 0.717) is 23.7 Å². The fraction of sp³-hybridized carbons (Fsp3) is 0.300. The summed E-state index contributed by atoms with van der Waals surface area (Å²) in [5, 5.41) is 0.323. The first-order chi connectivity index (χ1) is 7.08. The van der Waals surface area contributed by atoms with E-state index in [1.165, 1.54) is 0 Å². The molecular weight excluding hydrogens is 213 g/mol. The predicted octanol–water partition coefficient (Wildman–Crippen LogP) is 0.563. The molecule has 3 N–H and O–H groups in total. The van der Waals surface area contributed by atoms with E-state index >= 15 is 0 Å². The van der Waals surface area contributed by atoms with Gasteiger partial charge >= 0.3 is 8.03 Å². The van der Waals surface area contributed by atoms with Gasteiger partial charge in [-0.2, -0.15) is 4.89 Å². The van der Waals surface area contributed by atoms with Crippen LogP contribution in [0.15, 0.2) is 24.3 Å². The van der Waals surface area contributed by atoms with Crippen molar-refractivity contribution in [1.29, 1.82) is 0 Å². The summed E-state index contributed by atoms with van der Waals surface area (Å²) in [7, 11) is -2.42. The lowest BCUT2D eigenvalue weighted by Gasteiger charge is -2.09. The number of amides is 1. The van der Waals surface area contributed by atoms with Crippen LogP contribution in [0.2, 0.25) is 0 Å². The van der Waals surface area contributed by atoms with E-state index < -0.39 is 19.4 Å². The number of nitrogens with two attached hydrogens (primary N) is 1. The van der Waals surface area contributed by atoms with Crippen molar-refractivity contribution in [3.05, 3.63) is 29.8 Å². The van der Waals surface area contributed by atoms with Crippen LogP contribution in [0.5, 0.6) is 0 Å². The molecule has 0 aliphatic heterocycles. The maximum absolute atomic E-state index is 11.3. The largest absolute Gasteiger partial charge is 0.546 e. The van der Waals surface area contributed by atoms with Gasteiger partial charge < -0.3 is 5.73 Å². The van der Waals surface area contributed by atoms with Crippen LogP contribution >= 0.6 is 8.03 Å². The van der Waals surface area contributed by atoms with E-state index in [2.05, 4.69) is 0 Å². The second kappa shape index (κ2) is 3.40. The molecule has 0 saturated heterocycles. The normalized spacial score (nSPS) is 18.3. The first-order valence-electron chi connectivity index (χ1n) is 4.63. The fourth-order valence-electron chi connectivity index (χ4n) is 1.82. The molecule has 0 radical (unpaired) electrons. The smallest absolute Gasteiger partial charge is 0.369 e. The predicted molar refractivity (Wildman–Crippen MR) is 56.0 cm³/mol. The van der Waals surface area contributed by atoms with E-state index in [9.17, 15) is 9.36 Å². The van der Waals surface area contributed by atoms with Crippen LogP contribution in [0.25, 0.3) is 0 Å². The van der Waals surface area contributed by atoms with Crippen molar-refractivity contribution >= 4 is 19.2 Å². The number of rotatable bonds is 3. The molecular formula is C10H11NO3P+. The second-order valence-electron chi connectivity index (χ2n) is 3.74. The summed E-state index contributed by atoms with van der Waals surface area (Å²) in [6.07, 6.45) is 1.34. The van der Waals surface area contributed by atoms with Crippen LogP contribution < -0.4 is 11.0 Å². The van der Waals surface area contributed by atoms with Crippen molar-refractivity contribution in [3.63, 3.8) is 0 Å². The van der Waals surface area contributed by atoms with Gasteiger partial charge in [0.1, 0.15) is 0 Å². The minimum absolute atomic E-state index is 0.323. The summed E-state index contributed by atoms with van der Waals surface area (Å²) in [4.78, 5) is 20.4. The van der Waals surface area contributed by atoms with Gasteiger partial charge in [0.25, 0.3) is 0 Å². The van der Waals surface area contributed by atoms with Gasteiger partial charge in [0.15, 0.2) is 0 Å². The Balaban J connectivity index is 2.53. The summed E-state index contributed by atoms with van der Waals surface area (Å²) in [5.41, 5.74) is 5.24. The zero-order valence-electron chi connectivity index (χ0n) is 8.01. The third-order valence-electron chi connectivity index (χ3n) is 2.85. The van der Waals surface area contributed by atoms with Crippen molar-refractivity contribution in [2.24, 2.45) is 5.73 Å². The maximum Gasteiger partial charge on any atom is 0.546 e. The second-order valence-corrected chi connectivity index (χ2v) is 4.76. The van der Waals surface area contributed by atoms with Gasteiger partial charge in [0, 0.05) is 5.56 Å². The Morgan fingerprint density at radius 3 is 2.47 bits per heavy atom. The zero-order chi connectivity index (χ0) is 11.1. The summed E-state index contributed by atoms with van der Waals surface area (Å²) in [6, 6.07) is 6.70. The molecule has 0 aromatic heterocycles. The summed E-state index contributed by atoms with van der Waals surface area (Å²) in [5.74, 6) is -0.410. The Bertz CT molecular complexity index is 440. The molecule has 15 heavy (non-hydrogen) atoms. The molecule has 1 fully saturated rings. The first kappa shape index (κ1) is 10.3. The molecule has 0 spiro atoms. The lowest BCUT2D eigenvalue weighted by Crippen LogP contribution is -2.31. The molecule has 1 unspecified atom stereocenters. The van der Waals surface area contributed by atoms with Crippen molar-refractivity contribution in [2.75, 3.05) is 0 Å². The van der Waals surface area contributed by atoms with Crippen LogP contribution in [0.3, 0.4) is 0 Å². The molecule has 0 bridgehead atoms. The molecule has 5 heteroatoms. The minimum Gasteiger partial charge on any atom is -0.369 e. The van der Waals surface area contributed by atoms with E-state index in [4.69, 9.17) is 10.6 Å². The molecule has 2 rings (SSSR count). The van der Waals surface area contributed by atoms with Crippen LogP contribution in [0, 0.1) is 0 Å². The van der Waals surface area contributed by atoms with Crippen molar-refractivity contribution < 1.29 is 14.3 Å². The molecule has 1 saturated carbocycles. The highest BCUT2D eigenvalue weighted by Crippen LogP contribution is 2.48. The van der Waals surface area contributed by atoms with E-state index in [0.717, 1.165) is 0 Å². The molecule has 1 aromatic rings. The van der Waals surface area contributed by atoms with Crippen LogP contribution in [0.1, 0.15) is 18.4 Å². The first-order valence-corrected chi connectivity index (χ1v) is 5.85. The number of hydrogen-bond donors (Lipinski definition) is 2. The number of carbonyl (C=O) groups excluding carboxylic acids is 1. The van der Waals surface area contributed by atoms with Gasteiger partial charge in [-0.25, -0.2) is 0 Å². The van der Waals surface area contributed by atoms with E-state index in [1.54, 1.807) is 24.3 Å². The molecule has 0 heterocycles. The van der Waals surface area contributed by atoms with Gasteiger partial charge in [-0.1, -0.05) is 18.2 Å². The summed E-state index contributed by atoms with van der Waals surface area (Å²) in [6.45, 7) is 0. The van der Waals surface area contributed by atoms with Gasteiger partial charge in [-0.3, -0.25) is 4.79 Å². The Labute approximate surface area is 88.0 Å².